The lowest BCUT2D eigenvalue weighted by Gasteiger charge is -2.26. The maximum absolute atomic E-state index is 12.7. The third-order valence-corrected chi connectivity index (χ3v) is 6.82. The molecular formula is C31H37N3O. The van der Waals surface area contributed by atoms with Crippen molar-refractivity contribution in [3.05, 3.63) is 103 Å². The lowest BCUT2D eigenvalue weighted by Crippen LogP contribution is -2.41. The number of hydrogen-bond donors (Lipinski definition) is 2. The summed E-state index contributed by atoms with van der Waals surface area (Å²) < 4.78 is 0. The molecule has 2 aromatic carbocycles. The Morgan fingerprint density at radius 1 is 1.20 bits per heavy atom. The molecule has 1 aliphatic heterocycles. The first-order chi connectivity index (χ1) is 17.0. The summed E-state index contributed by atoms with van der Waals surface area (Å²) in [6, 6.07) is 18.1. The van der Waals surface area contributed by atoms with Crippen molar-refractivity contribution >= 4 is 11.6 Å². The van der Waals surface area contributed by atoms with Crippen LogP contribution in [0, 0.1) is 18.9 Å². The largest absolute Gasteiger partial charge is 0.384 e. The van der Waals surface area contributed by atoms with Gasteiger partial charge >= 0.3 is 0 Å². The molecule has 1 aromatic heterocycles. The normalized spacial score (nSPS) is 14.9. The molecule has 5 rings (SSSR count). The minimum atomic E-state index is -0.489. The first-order valence-electron chi connectivity index (χ1n) is 12.5. The van der Waals surface area contributed by atoms with Gasteiger partial charge in [0.25, 0.3) is 5.91 Å². The highest BCUT2D eigenvalue weighted by Crippen LogP contribution is 2.29. The highest BCUT2D eigenvalue weighted by Gasteiger charge is 2.23. The number of benzene rings is 2. The lowest BCUT2D eigenvalue weighted by molar-refractivity contribution is 0.0912. The van der Waals surface area contributed by atoms with Gasteiger partial charge in [0.1, 0.15) is 0 Å². The predicted octanol–water partition coefficient (Wildman–Crippen LogP) is 7.00. The van der Waals surface area contributed by atoms with Crippen LogP contribution < -0.4 is 10.6 Å². The van der Waals surface area contributed by atoms with Crippen LogP contribution in [0.2, 0.25) is 0 Å². The average molecular weight is 468 g/mol. The molecule has 0 bridgehead atoms. The summed E-state index contributed by atoms with van der Waals surface area (Å²) in [7, 11) is 0. The van der Waals surface area contributed by atoms with Crippen LogP contribution in [-0.4, -0.2) is 17.4 Å². The van der Waals surface area contributed by atoms with E-state index in [0.29, 0.717) is 5.56 Å². The molecule has 1 fully saturated rings. The van der Waals surface area contributed by atoms with Crippen molar-refractivity contribution in [3.63, 3.8) is 0 Å². The minimum absolute atomic E-state index is 0. The van der Waals surface area contributed by atoms with Crippen LogP contribution in [0.4, 0.5) is 5.69 Å². The van der Waals surface area contributed by atoms with Crippen molar-refractivity contribution in [1.29, 1.82) is 0 Å². The summed E-state index contributed by atoms with van der Waals surface area (Å²) >= 11 is 0. The molecule has 2 radical (unpaired) electrons. The Morgan fingerprint density at radius 2 is 2.00 bits per heavy atom. The Balaban J connectivity index is 0.000000344. The smallest absolute Gasteiger partial charge is 0.251 e. The van der Waals surface area contributed by atoms with Crippen molar-refractivity contribution < 1.29 is 6.22 Å². The average Bonchev–Trinajstić information content (AvgIpc) is 3.57. The fourth-order valence-electron chi connectivity index (χ4n) is 4.70. The zero-order chi connectivity index (χ0) is 24.7. The van der Waals surface area contributed by atoms with E-state index in [-0.39, 0.29) is 7.33 Å². The molecule has 3 aromatic rings. The van der Waals surface area contributed by atoms with E-state index in [2.05, 4.69) is 40.2 Å². The van der Waals surface area contributed by atoms with E-state index in [4.69, 9.17) is 6.58 Å². The van der Waals surface area contributed by atoms with Gasteiger partial charge < -0.3 is 10.6 Å². The summed E-state index contributed by atoms with van der Waals surface area (Å²) in [5.74, 6) is 0.716. The molecule has 1 saturated carbocycles. The number of nitrogens with one attached hydrogen (secondary N) is 2. The number of anilines is 1. The van der Waals surface area contributed by atoms with Gasteiger partial charge in [-0.3, -0.25) is 9.78 Å². The summed E-state index contributed by atoms with van der Waals surface area (Å²) in [6.45, 7) is 10.2. The molecule has 4 heteroatoms. The standard InChI is InChI=1S/C23H23N3O.C8H12.H2/c1-23(2,20-4-3-12-24-15-20)26-22(27)17-7-5-16(6-8-17)18-9-10-21-19(14-18)11-13-25-21;1-2-5-8-6-3-4-7-8;/h3-10,12,14-15,25H,11,13H2,1-2H3,(H,26,27);1-2,6,8H,3-5,7H2;1H. The number of carbonyl (C=O) groups excluding carboxylic acids is 1. The number of hydrogen-bond acceptors (Lipinski definition) is 3. The quantitative estimate of drug-likeness (QED) is 0.410. The Hall–Kier alpha value is -3.40. The highest BCUT2D eigenvalue weighted by atomic mass is 16.1. The Bertz CT molecular complexity index is 1140. The molecule has 0 saturated heterocycles. The van der Waals surface area contributed by atoms with E-state index in [1.54, 1.807) is 18.5 Å². The molecule has 1 unspecified atom stereocenters. The monoisotopic (exact) mass is 467 g/mol. The molecule has 1 amide bonds. The van der Waals surface area contributed by atoms with Gasteiger partial charge in [0.15, 0.2) is 0 Å². The van der Waals surface area contributed by atoms with Crippen molar-refractivity contribution in [3.8, 4) is 11.1 Å². The molecule has 4 nitrogen and oxygen atoms in total. The Labute approximate surface area is 211 Å². The molecule has 182 valence electrons. The van der Waals surface area contributed by atoms with Crippen molar-refractivity contribution in [1.82, 2.24) is 10.3 Å². The molecule has 1 aliphatic carbocycles. The molecule has 35 heavy (non-hydrogen) atoms. The number of nitrogens with zero attached hydrogens (tertiary/aromatic N) is 1. The van der Waals surface area contributed by atoms with E-state index in [9.17, 15) is 4.79 Å². The van der Waals surface area contributed by atoms with Crippen LogP contribution in [0.5, 0.6) is 0 Å². The number of aromatic nitrogens is 1. The summed E-state index contributed by atoms with van der Waals surface area (Å²) in [5.41, 5.74) is 6.02. The SMILES string of the molecule is CC(C)(NC(=O)c1ccc(-c2ccc3c(c2)CCN3)cc1)c1cccnc1.[CH]=CCC1[CH]CCC1.[HH]. The first kappa shape index (κ1) is 24.7. The summed E-state index contributed by atoms with van der Waals surface area (Å²) in [4.78, 5) is 16.8. The molecule has 2 heterocycles. The molecule has 1 atom stereocenters. The van der Waals surface area contributed by atoms with E-state index in [0.717, 1.165) is 36.4 Å². The van der Waals surface area contributed by atoms with Gasteiger partial charge in [0.05, 0.1) is 5.54 Å². The van der Waals surface area contributed by atoms with Crippen molar-refractivity contribution in [2.75, 3.05) is 11.9 Å². The zero-order valence-corrected chi connectivity index (χ0v) is 20.8. The van der Waals surface area contributed by atoms with Gasteiger partial charge in [-0.2, -0.15) is 0 Å². The summed E-state index contributed by atoms with van der Waals surface area (Å²) in [5, 5.41) is 6.48. The van der Waals surface area contributed by atoms with Crippen LogP contribution >= 0.6 is 0 Å². The number of rotatable bonds is 6. The Kier molecular flexibility index (Phi) is 8.02. The van der Waals surface area contributed by atoms with E-state index in [1.165, 1.54) is 36.1 Å². The predicted molar refractivity (Wildman–Crippen MR) is 146 cm³/mol. The number of pyridine rings is 1. The third kappa shape index (κ3) is 6.39. The second-order valence-corrected chi connectivity index (χ2v) is 9.84. The molecule has 0 spiro atoms. The van der Waals surface area contributed by atoms with Gasteiger partial charge in [0.2, 0.25) is 0 Å². The highest BCUT2D eigenvalue weighted by molar-refractivity contribution is 5.95. The molecule has 2 N–H and O–H groups in total. The van der Waals surface area contributed by atoms with Gasteiger partial charge in [-0.15, -0.1) is 0 Å². The molecular weight excluding hydrogens is 430 g/mol. The van der Waals surface area contributed by atoms with Crippen molar-refractivity contribution in [2.24, 2.45) is 5.92 Å². The maximum Gasteiger partial charge on any atom is 0.251 e. The van der Waals surface area contributed by atoms with Gasteiger partial charge in [0, 0.05) is 31.6 Å². The van der Waals surface area contributed by atoms with E-state index in [1.807, 2.05) is 50.2 Å². The fourth-order valence-corrected chi connectivity index (χ4v) is 4.70. The zero-order valence-electron chi connectivity index (χ0n) is 20.8. The maximum atomic E-state index is 12.7. The minimum Gasteiger partial charge on any atom is -0.384 e. The first-order valence-corrected chi connectivity index (χ1v) is 12.5. The number of amides is 1. The van der Waals surface area contributed by atoms with Gasteiger partial charge in [-0.25, -0.2) is 0 Å². The summed E-state index contributed by atoms with van der Waals surface area (Å²) in [6.07, 6.45) is 13.8. The topological polar surface area (TPSA) is 54.0 Å². The van der Waals surface area contributed by atoms with Crippen LogP contribution in [0.15, 0.2) is 73.1 Å². The molecule has 2 aliphatic rings. The van der Waals surface area contributed by atoms with Crippen molar-refractivity contribution in [2.45, 2.75) is 51.5 Å². The lowest BCUT2D eigenvalue weighted by atomic mass is 9.95. The second kappa shape index (κ2) is 11.4. The van der Waals surface area contributed by atoms with Gasteiger partial charge in [-0.05, 0) is 104 Å². The Morgan fingerprint density at radius 3 is 2.69 bits per heavy atom. The van der Waals surface area contributed by atoms with Crippen LogP contribution in [0.3, 0.4) is 0 Å². The van der Waals surface area contributed by atoms with Crippen LogP contribution in [-0.2, 0) is 12.0 Å². The third-order valence-electron chi connectivity index (χ3n) is 6.82. The van der Waals surface area contributed by atoms with Gasteiger partial charge in [-0.1, -0.05) is 43.3 Å². The fraction of sp³-hybridized carbons (Fsp3) is 0.323. The van der Waals surface area contributed by atoms with Crippen LogP contribution in [0.1, 0.15) is 62.4 Å². The second-order valence-electron chi connectivity index (χ2n) is 9.84. The number of carbonyl (C=O) groups is 1. The number of allylic oxidation sites excluding steroid dienone is 1. The van der Waals surface area contributed by atoms with E-state index >= 15 is 0 Å². The van der Waals surface area contributed by atoms with Crippen LogP contribution in [0.25, 0.3) is 11.1 Å². The van der Waals surface area contributed by atoms with E-state index < -0.39 is 5.54 Å². The number of fused-ring (bicyclic) bond motifs is 1.